The monoisotopic (exact) mass is 116 g/mol. The molecule has 0 aliphatic rings. The fourth-order valence-electron chi connectivity index (χ4n) is 0.0829. The summed E-state index contributed by atoms with van der Waals surface area (Å²) in [6.07, 6.45) is 0. The van der Waals surface area contributed by atoms with Crippen LogP contribution in [-0.4, -0.2) is 33.4 Å². The summed E-state index contributed by atoms with van der Waals surface area (Å²) in [5.41, 5.74) is 4.97. The second kappa shape index (κ2) is 2.90. The molecule has 0 rings (SSSR count). The van der Waals surface area contributed by atoms with Crippen LogP contribution in [0.2, 0.25) is 0 Å². The number of nitrogens with two attached hydrogens (primary N) is 1. The quantitative estimate of drug-likeness (QED) is 0.410. The molecular formula is C3H6NO2Si. The minimum Gasteiger partial charge on any atom is -0.394 e. The molecule has 39 valence electrons. The van der Waals surface area contributed by atoms with Crippen molar-refractivity contribution >= 4 is 15.6 Å². The Morgan fingerprint density at radius 1 is 2.00 bits per heavy atom. The first-order valence-corrected chi connectivity index (χ1v) is 2.30. The first-order chi connectivity index (χ1) is 3.18. The lowest BCUT2D eigenvalue weighted by atomic mass is 10.4. The Hall–Kier alpha value is -0.193. The first-order valence-electron chi connectivity index (χ1n) is 1.80. The number of hydrogen-bond acceptors (Lipinski definition) is 3. The van der Waals surface area contributed by atoms with E-state index in [9.17, 15) is 4.79 Å². The molecule has 0 aromatic rings. The van der Waals surface area contributed by atoms with Gasteiger partial charge < -0.3 is 15.6 Å². The Balaban J connectivity index is 3.34. The third-order valence-corrected chi connectivity index (χ3v) is 0.904. The zero-order chi connectivity index (χ0) is 5.86. The average Bonchev–Trinajstić information content (AvgIpc) is 1.65. The van der Waals surface area contributed by atoms with Crippen molar-refractivity contribution in [3.63, 3.8) is 0 Å². The molecule has 0 heterocycles. The molecule has 0 saturated carbocycles. The number of carbonyl (C=O) groups is 1. The lowest BCUT2D eigenvalue weighted by molar-refractivity contribution is -0.113. The molecule has 0 unspecified atom stereocenters. The SMILES string of the molecule is N[C@@H](CO)C(=O)[Si]. The van der Waals surface area contributed by atoms with Gasteiger partial charge in [0.15, 0.2) is 0 Å². The first kappa shape index (κ1) is 6.81. The number of carbonyl (C=O) groups excluding carboxylic acids is 1. The summed E-state index contributed by atoms with van der Waals surface area (Å²) in [5.74, 6) is 0. The molecule has 0 bridgehead atoms. The van der Waals surface area contributed by atoms with Crippen molar-refractivity contribution in [3.05, 3.63) is 0 Å². The van der Waals surface area contributed by atoms with Crippen LogP contribution in [0.1, 0.15) is 0 Å². The van der Waals surface area contributed by atoms with Crippen molar-refractivity contribution in [2.24, 2.45) is 5.73 Å². The van der Waals surface area contributed by atoms with Crippen LogP contribution >= 0.6 is 0 Å². The van der Waals surface area contributed by atoms with Crippen molar-refractivity contribution < 1.29 is 9.90 Å². The third-order valence-electron chi connectivity index (χ3n) is 0.533. The van der Waals surface area contributed by atoms with Crippen molar-refractivity contribution in [1.82, 2.24) is 0 Å². The predicted octanol–water partition coefficient (Wildman–Crippen LogP) is -2.00. The largest absolute Gasteiger partial charge is 0.394 e. The normalized spacial score (nSPS) is 13.6. The standard InChI is InChI=1S/C3H6NO2Si/c4-2(1-5)3(6)7/h2,5H,1,4H2/t2-/m0/s1. The van der Waals surface area contributed by atoms with Gasteiger partial charge in [0, 0.05) is 0 Å². The fraction of sp³-hybridized carbons (Fsp3) is 0.667. The molecule has 0 spiro atoms. The van der Waals surface area contributed by atoms with Crippen molar-refractivity contribution in [1.29, 1.82) is 0 Å². The van der Waals surface area contributed by atoms with Crippen LogP contribution in [0.4, 0.5) is 0 Å². The lowest BCUT2D eigenvalue weighted by Gasteiger charge is -1.98. The van der Waals surface area contributed by atoms with Gasteiger partial charge in [-0.2, -0.15) is 0 Å². The van der Waals surface area contributed by atoms with E-state index < -0.39 is 6.04 Å². The number of rotatable bonds is 2. The molecule has 1 atom stereocenters. The molecule has 0 aliphatic heterocycles. The molecule has 7 heavy (non-hydrogen) atoms. The van der Waals surface area contributed by atoms with Crippen LogP contribution in [0.15, 0.2) is 0 Å². The molecule has 3 radical (unpaired) electrons. The zero-order valence-corrected chi connectivity index (χ0v) is 4.72. The maximum atomic E-state index is 10.0. The van der Waals surface area contributed by atoms with Crippen LogP contribution in [0, 0.1) is 0 Å². The minimum atomic E-state index is -0.767. The maximum absolute atomic E-state index is 10.0. The summed E-state index contributed by atoms with van der Waals surface area (Å²) >= 11 is 0. The van der Waals surface area contributed by atoms with Crippen molar-refractivity contribution in [2.45, 2.75) is 6.04 Å². The van der Waals surface area contributed by atoms with E-state index in [1.165, 1.54) is 0 Å². The van der Waals surface area contributed by atoms with E-state index in [1.54, 1.807) is 0 Å². The Labute approximate surface area is 44.9 Å². The van der Waals surface area contributed by atoms with E-state index >= 15 is 0 Å². The van der Waals surface area contributed by atoms with E-state index in [0.717, 1.165) is 0 Å². The molecule has 0 saturated heterocycles. The summed E-state index contributed by atoms with van der Waals surface area (Å²) in [7, 11) is 2.62. The molecule has 0 aliphatic carbocycles. The summed E-state index contributed by atoms with van der Waals surface area (Å²) in [4.78, 5) is 10.0. The van der Waals surface area contributed by atoms with Gasteiger partial charge >= 0.3 is 0 Å². The second-order valence-corrected chi connectivity index (χ2v) is 1.65. The molecule has 3 nitrogen and oxygen atoms in total. The van der Waals surface area contributed by atoms with Crippen LogP contribution < -0.4 is 5.73 Å². The highest BCUT2D eigenvalue weighted by molar-refractivity contribution is 6.59. The van der Waals surface area contributed by atoms with Crippen LogP contribution in [0.5, 0.6) is 0 Å². The average molecular weight is 116 g/mol. The fourth-order valence-corrected chi connectivity index (χ4v) is 0.174. The molecular weight excluding hydrogens is 110 g/mol. The Morgan fingerprint density at radius 2 is 2.43 bits per heavy atom. The maximum Gasteiger partial charge on any atom is 0.128 e. The van der Waals surface area contributed by atoms with Gasteiger partial charge in [-0.1, -0.05) is 0 Å². The number of hydrogen-bond donors (Lipinski definition) is 2. The highest BCUT2D eigenvalue weighted by Crippen LogP contribution is 1.70. The summed E-state index contributed by atoms with van der Waals surface area (Å²) in [6, 6.07) is -0.767. The summed E-state index contributed by atoms with van der Waals surface area (Å²) < 4.78 is 0. The van der Waals surface area contributed by atoms with E-state index in [2.05, 4.69) is 10.2 Å². The van der Waals surface area contributed by atoms with Crippen molar-refractivity contribution in [3.8, 4) is 0 Å². The van der Waals surface area contributed by atoms with Crippen LogP contribution in [0.3, 0.4) is 0 Å². The Kier molecular flexibility index (Phi) is 2.82. The van der Waals surface area contributed by atoms with Gasteiger partial charge in [0.05, 0.1) is 12.6 Å². The topological polar surface area (TPSA) is 63.3 Å². The van der Waals surface area contributed by atoms with Gasteiger partial charge in [0.2, 0.25) is 0 Å². The third kappa shape index (κ3) is 2.50. The predicted molar refractivity (Wildman–Crippen MR) is 25.8 cm³/mol. The van der Waals surface area contributed by atoms with Gasteiger partial charge in [0.25, 0.3) is 0 Å². The molecule has 4 heteroatoms. The van der Waals surface area contributed by atoms with Gasteiger partial charge in [0.1, 0.15) is 15.6 Å². The van der Waals surface area contributed by atoms with E-state index in [4.69, 9.17) is 10.8 Å². The summed E-state index contributed by atoms with van der Waals surface area (Å²) in [6.45, 7) is -0.303. The minimum absolute atomic E-state index is 0.303. The number of aliphatic hydroxyl groups is 1. The van der Waals surface area contributed by atoms with E-state index in [1.807, 2.05) is 0 Å². The van der Waals surface area contributed by atoms with Gasteiger partial charge in [-0.25, -0.2) is 0 Å². The van der Waals surface area contributed by atoms with Crippen LogP contribution in [0.25, 0.3) is 0 Å². The molecule has 0 fully saturated rings. The van der Waals surface area contributed by atoms with E-state index in [-0.39, 0.29) is 12.0 Å². The number of aliphatic hydroxyl groups excluding tert-OH is 1. The van der Waals surface area contributed by atoms with Crippen LogP contribution in [-0.2, 0) is 4.79 Å². The molecule has 0 aromatic carbocycles. The smallest absolute Gasteiger partial charge is 0.128 e. The lowest BCUT2D eigenvalue weighted by Crippen LogP contribution is -2.33. The molecule has 0 amide bonds. The molecule has 0 aromatic heterocycles. The van der Waals surface area contributed by atoms with Crippen molar-refractivity contribution in [2.75, 3.05) is 6.61 Å². The molecule has 3 N–H and O–H groups in total. The summed E-state index contributed by atoms with van der Waals surface area (Å²) in [5, 5.41) is 7.76. The highest BCUT2D eigenvalue weighted by atomic mass is 28.1. The van der Waals surface area contributed by atoms with Gasteiger partial charge in [-0.05, 0) is 0 Å². The van der Waals surface area contributed by atoms with Gasteiger partial charge in [-0.15, -0.1) is 0 Å². The highest BCUT2D eigenvalue weighted by Gasteiger charge is 2.02. The Bertz CT molecular complexity index is 75.3. The van der Waals surface area contributed by atoms with Gasteiger partial charge in [-0.3, -0.25) is 0 Å². The second-order valence-electron chi connectivity index (χ2n) is 1.15. The van der Waals surface area contributed by atoms with E-state index in [0.29, 0.717) is 0 Å². The zero-order valence-electron chi connectivity index (χ0n) is 3.72. The Morgan fingerprint density at radius 3 is 2.43 bits per heavy atom.